The summed E-state index contributed by atoms with van der Waals surface area (Å²) in [6.07, 6.45) is 2.13. The number of anilines is 1. The van der Waals surface area contributed by atoms with Gasteiger partial charge in [-0.1, -0.05) is 30.3 Å². The van der Waals surface area contributed by atoms with Crippen LogP contribution in [0.1, 0.15) is 11.1 Å². The van der Waals surface area contributed by atoms with Crippen molar-refractivity contribution in [2.24, 2.45) is 0 Å². The van der Waals surface area contributed by atoms with Gasteiger partial charge in [0.1, 0.15) is 0 Å². The number of hydrogen-bond acceptors (Lipinski definition) is 1. The van der Waals surface area contributed by atoms with Gasteiger partial charge in [0, 0.05) is 29.3 Å². The average Bonchev–Trinajstić information content (AvgIpc) is 2.79. The largest absolute Gasteiger partial charge is 0.398 e. The van der Waals surface area contributed by atoms with Crippen LogP contribution in [0.3, 0.4) is 0 Å². The third kappa shape index (κ3) is 1.76. The molecule has 18 heavy (non-hydrogen) atoms. The molecule has 2 N–H and O–H groups in total. The molecule has 0 unspecified atom stereocenters. The zero-order valence-corrected chi connectivity index (χ0v) is 10.4. The number of aromatic nitrogens is 1. The quantitative estimate of drug-likeness (QED) is 0.677. The average molecular weight is 236 g/mol. The second-order valence-electron chi connectivity index (χ2n) is 4.64. The molecule has 1 heterocycles. The third-order valence-corrected chi connectivity index (χ3v) is 3.46. The molecule has 0 spiro atoms. The summed E-state index contributed by atoms with van der Waals surface area (Å²) in [6.45, 7) is 2.97. The number of rotatable bonds is 2. The van der Waals surface area contributed by atoms with Gasteiger partial charge >= 0.3 is 0 Å². The van der Waals surface area contributed by atoms with Gasteiger partial charge in [0.25, 0.3) is 0 Å². The Balaban J connectivity index is 2.06. The van der Waals surface area contributed by atoms with E-state index >= 15 is 0 Å². The maximum absolute atomic E-state index is 5.94. The monoisotopic (exact) mass is 236 g/mol. The number of aryl methyl sites for hydroxylation is 1. The number of hydrogen-bond donors (Lipinski definition) is 1. The van der Waals surface area contributed by atoms with E-state index in [4.69, 9.17) is 5.73 Å². The summed E-state index contributed by atoms with van der Waals surface area (Å²) in [6, 6.07) is 16.7. The normalized spacial score (nSPS) is 10.9. The summed E-state index contributed by atoms with van der Waals surface area (Å²) >= 11 is 0. The lowest BCUT2D eigenvalue weighted by Gasteiger charge is -2.07. The van der Waals surface area contributed by atoms with Gasteiger partial charge in [-0.2, -0.15) is 0 Å². The van der Waals surface area contributed by atoms with Crippen LogP contribution in [0.4, 0.5) is 5.69 Å². The molecular weight excluding hydrogens is 220 g/mol. The van der Waals surface area contributed by atoms with Gasteiger partial charge in [-0.15, -0.1) is 0 Å². The van der Waals surface area contributed by atoms with Crippen molar-refractivity contribution in [2.75, 3.05) is 5.73 Å². The van der Waals surface area contributed by atoms with Crippen molar-refractivity contribution >= 4 is 16.6 Å². The summed E-state index contributed by atoms with van der Waals surface area (Å²) in [4.78, 5) is 0. The fraction of sp³-hybridized carbons (Fsp3) is 0.125. The lowest BCUT2D eigenvalue weighted by Crippen LogP contribution is -1.98. The Morgan fingerprint density at radius 3 is 2.56 bits per heavy atom. The Bertz CT molecular complexity index is 681. The van der Waals surface area contributed by atoms with E-state index in [1.54, 1.807) is 0 Å². The Morgan fingerprint density at radius 1 is 1.00 bits per heavy atom. The van der Waals surface area contributed by atoms with E-state index < -0.39 is 0 Å². The van der Waals surface area contributed by atoms with Crippen molar-refractivity contribution in [1.82, 2.24) is 4.57 Å². The van der Waals surface area contributed by atoms with Crippen molar-refractivity contribution < 1.29 is 0 Å². The van der Waals surface area contributed by atoms with Gasteiger partial charge in [0.05, 0.1) is 0 Å². The lowest BCUT2D eigenvalue weighted by molar-refractivity contribution is 0.837. The van der Waals surface area contributed by atoms with Gasteiger partial charge in [0.15, 0.2) is 0 Å². The molecule has 0 atom stereocenters. The van der Waals surface area contributed by atoms with E-state index in [1.165, 1.54) is 22.0 Å². The van der Waals surface area contributed by atoms with Crippen molar-refractivity contribution in [3.05, 3.63) is 65.9 Å². The number of nitrogens with zero attached hydrogens (tertiary/aromatic N) is 1. The van der Waals surface area contributed by atoms with E-state index in [9.17, 15) is 0 Å². The van der Waals surface area contributed by atoms with Crippen LogP contribution < -0.4 is 5.73 Å². The Kier molecular flexibility index (Phi) is 2.56. The molecule has 0 aliphatic rings. The lowest BCUT2D eigenvalue weighted by atomic mass is 10.1. The minimum Gasteiger partial charge on any atom is -0.398 e. The van der Waals surface area contributed by atoms with Crippen LogP contribution in [0.15, 0.2) is 54.7 Å². The topological polar surface area (TPSA) is 30.9 Å². The number of fused-ring (bicyclic) bond motifs is 1. The summed E-state index contributed by atoms with van der Waals surface area (Å²) in [7, 11) is 0. The Morgan fingerprint density at radius 2 is 1.78 bits per heavy atom. The molecule has 0 saturated carbocycles. The molecule has 3 aromatic rings. The molecule has 90 valence electrons. The number of nitrogen functional groups attached to an aromatic ring is 1. The second kappa shape index (κ2) is 4.22. The van der Waals surface area contributed by atoms with E-state index in [0.29, 0.717) is 0 Å². The molecule has 0 radical (unpaired) electrons. The molecule has 0 saturated heterocycles. The molecule has 2 nitrogen and oxygen atoms in total. The van der Waals surface area contributed by atoms with Crippen LogP contribution in [0.2, 0.25) is 0 Å². The molecule has 0 amide bonds. The van der Waals surface area contributed by atoms with Crippen molar-refractivity contribution in [2.45, 2.75) is 13.5 Å². The Hall–Kier alpha value is -2.22. The molecule has 0 aliphatic carbocycles. The minimum atomic E-state index is 0.861. The first kappa shape index (κ1) is 10.9. The molecule has 2 aromatic carbocycles. The van der Waals surface area contributed by atoms with Crippen LogP contribution in [0.25, 0.3) is 10.9 Å². The maximum Gasteiger partial charge on any atom is 0.0487 e. The van der Waals surface area contributed by atoms with Crippen molar-refractivity contribution in [3.63, 3.8) is 0 Å². The predicted octanol–water partition coefficient (Wildman–Crippen LogP) is 3.58. The summed E-state index contributed by atoms with van der Waals surface area (Å²) in [5.74, 6) is 0. The first-order valence-corrected chi connectivity index (χ1v) is 6.13. The van der Waals surface area contributed by atoms with Gasteiger partial charge in [0.2, 0.25) is 0 Å². The van der Waals surface area contributed by atoms with Crippen LogP contribution in [0, 0.1) is 6.92 Å². The molecule has 2 heteroatoms. The third-order valence-electron chi connectivity index (χ3n) is 3.46. The second-order valence-corrected chi connectivity index (χ2v) is 4.64. The summed E-state index contributed by atoms with van der Waals surface area (Å²) in [5.41, 5.74) is 10.5. The molecule has 1 aromatic heterocycles. The van der Waals surface area contributed by atoms with Crippen LogP contribution >= 0.6 is 0 Å². The minimum absolute atomic E-state index is 0.861. The zero-order valence-electron chi connectivity index (χ0n) is 10.4. The highest BCUT2D eigenvalue weighted by atomic mass is 14.9. The zero-order chi connectivity index (χ0) is 12.5. The first-order valence-electron chi connectivity index (χ1n) is 6.13. The number of nitrogens with two attached hydrogens (primary N) is 1. The van der Waals surface area contributed by atoms with Crippen LogP contribution in [-0.2, 0) is 6.54 Å². The first-order chi connectivity index (χ1) is 8.75. The highest BCUT2D eigenvalue weighted by Gasteiger charge is 2.05. The fourth-order valence-electron chi connectivity index (χ4n) is 2.35. The number of benzene rings is 2. The highest BCUT2D eigenvalue weighted by Crippen LogP contribution is 2.25. The van der Waals surface area contributed by atoms with Crippen molar-refractivity contribution in [3.8, 4) is 0 Å². The molecule has 0 aliphatic heterocycles. The van der Waals surface area contributed by atoms with Crippen LogP contribution in [0.5, 0.6) is 0 Å². The van der Waals surface area contributed by atoms with Gasteiger partial charge in [-0.3, -0.25) is 0 Å². The van der Waals surface area contributed by atoms with Crippen molar-refractivity contribution in [1.29, 1.82) is 0 Å². The standard InChI is InChI=1S/C16H16N2/c1-12-14-9-10-18(16(14)8-7-15(12)17)11-13-5-3-2-4-6-13/h2-10H,11,17H2,1H3. The molecule has 0 bridgehead atoms. The fourth-order valence-corrected chi connectivity index (χ4v) is 2.35. The molecular formula is C16H16N2. The van der Waals surface area contributed by atoms with E-state index in [-0.39, 0.29) is 0 Å². The smallest absolute Gasteiger partial charge is 0.0487 e. The summed E-state index contributed by atoms with van der Waals surface area (Å²) < 4.78 is 2.26. The SMILES string of the molecule is Cc1c(N)ccc2c1ccn2Cc1ccccc1. The van der Waals surface area contributed by atoms with Crippen LogP contribution in [-0.4, -0.2) is 4.57 Å². The van der Waals surface area contributed by atoms with E-state index in [0.717, 1.165) is 12.2 Å². The van der Waals surface area contributed by atoms with Gasteiger partial charge < -0.3 is 10.3 Å². The Labute approximate surface area is 107 Å². The predicted molar refractivity (Wildman–Crippen MR) is 76.6 cm³/mol. The maximum atomic E-state index is 5.94. The highest BCUT2D eigenvalue weighted by molar-refractivity contribution is 5.87. The molecule has 0 fully saturated rings. The summed E-state index contributed by atoms with van der Waals surface area (Å²) in [5, 5.41) is 1.24. The van der Waals surface area contributed by atoms with Gasteiger partial charge in [-0.25, -0.2) is 0 Å². The van der Waals surface area contributed by atoms with E-state index in [2.05, 4.69) is 54.1 Å². The molecule has 3 rings (SSSR count). The van der Waals surface area contributed by atoms with Gasteiger partial charge in [-0.05, 0) is 36.2 Å². The van der Waals surface area contributed by atoms with E-state index in [1.807, 2.05) is 12.1 Å².